The van der Waals surface area contributed by atoms with E-state index in [1.165, 1.54) is 45.2 Å². The molecule has 1 aliphatic heterocycles. The standard InChI is InChI=1S/C11H21N/c1-11(2)6-4-10(5-7-11)12-8-3-9-12/h10H,3-9H2,1-2H3. The van der Waals surface area contributed by atoms with Crippen LogP contribution >= 0.6 is 0 Å². The highest BCUT2D eigenvalue weighted by Gasteiger charge is 2.31. The maximum atomic E-state index is 2.68. The zero-order valence-electron chi connectivity index (χ0n) is 8.47. The van der Waals surface area contributed by atoms with Gasteiger partial charge in [0.1, 0.15) is 0 Å². The Morgan fingerprint density at radius 2 is 1.67 bits per heavy atom. The van der Waals surface area contributed by atoms with Crippen molar-refractivity contribution in [2.75, 3.05) is 13.1 Å². The van der Waals surface area contributed by atoms with E-state index in [1.807, 2.05) is 0 Å². The molecule has 0 spiro atoms. The topological polar surface area (TPSA) is 3.24 Å². The third kappa shape index (κ3) is 1.66. The summed E-state index contributed by atoms with van der Waals surface area (Å²) >= 11 is 0. The maximum absolute atomic E-state index is 2.68. The van der Waals surface area contributed by atoms with Crippen molar-refractivity contribution in [2.24, 2.45) is 5.41 Å². The molecule has 0 amide bonds. The van der Waals surface area contributed by atoms with Gasteiger partial charge in [-0.3, -0.25) is 0 Å². The van der Waals surface area contributed by atoms with Crippen molar-refractivity contribution >= 4 is 0 Å². The molecule has 0 radical (unpaired) electrons. The summed E-state index contributed by atoms with van der Waals surface area (Å²) in [7, 11) is 0. The summed E-state index contributed by atoms with van der Waals surface area (Å²) in [6.07, 6.45) is 7.22. The molecule has 1 heterocycles. The zero-order chi connectivity index (χ0) is 8.60. The number of hydrogen-bond acceptors (Lipinski definition) is 1. The second-order valence-electron chi connectivity index (χ2n) is 5.28. The molecule has 1 heteroatoms. The van der Waals surface area contributed by atoms with Crippen LogP contribution in [0.25, 0.3) is 0 Å². The van der Waals surface area contributed by atoms with Crippen molar-refractivity contribution in [1.82, 2.24) is 4.90 Å². The smallest absolute Gasteiger partial charge is 0.00956 e. The first-order valence-electron chi connectivity index (χ1n) is 5.41. The summed E-state index contributed by atoms with van der Waals surface area (Å²) < 4.78 is 0. The minimum absolute atomic E-state index is 0.640. The quantitative estimate of drug-likeness (QED) is 0.580. The Morgan fingerprint density at radius 1 is 1.08 bits per heavy atom. The van der Waals surface area contributed by atoms with Crippen molar-refractivity contribution < 1.29 is 0 Å². The summed E-state index contributed by atoms with van der Waals surface area (Å²) in [4.78, 5) is 2.68. The minimum atomic E-state index is 0.640. The minimum Gasteiger partial charge on any atom is -0.300 e. The SMILES string of the molecule is CC1(C)CCC(N2CCC2)CC1. The van der Waals surface area contributed by atoms with Gasteiger partial charge in [0.15, 0.2) is 0 Å². The van der Waals surface area contributed by atoms with E-state index >= 15 is 0 Å². The lowest BCUT2D eigenvalue weighted by Gasteiger charge is -2.44. The molecule has 70 valence electrons. The zero-order valence-corrected chi connectivity index (χ0v) is 8.47. The van der Waals surface area contributed by atoms with Gasteiger partial charge in [0.2, 0.25) is 0 Å². The van der Waals surface area contributed by atoms with Gasteiger partial charge in [-0.2, -0.15) is 0 Å². The predicted molar refractivity (Wildman–Crippen MR) is 52.2 cm³/mol. The van der Waals surface area contributed by atoms with E-state index in [9.17, 15) is 0 Å². The summed E-state index contributed by atoms with van der Waals surface area (Å²) in [5, 5.41) is 0. The molecule has 0 aromatic carbocycles. The molecule has 1 saturated heterocycles. The van der Waals surface area contributed by atoms with Gasteiger partial charge in [-0.25, -0.2) is 0 Å². The lowest BCUT2D eigenvalue weighted by molar-refractivity contribution is 0.0612. The van der Waals surface area contributed by atoms with E-state index in [-0.39, 0.29) is 0 Å². The first kappa shape index (κ1) is 8.55. The van der Waals surface area contributed by atoms with Crippen LogP contribution in [0.15, 0.2) is 0 Å². The average Bonchev–Trinajstić information content (AvgIpc) is 1.89. The van der Waals surface area contributed by atoms with Gasteiger partial charge < -0.3 is 4.90 Å². The molecule has 1 aliphatic carbocycles. The Hall–Kier alpha value is -0.0400. The van der Waals surface area contributed by atoms with E-state index in [2.05, 4.69) is 18.7 Å². The highest BCUT2D eigenvalue weighted by molar-refractivity contribution is 4.86. The Balaban J connectivity index is 1.81. The van der Waals surface area contributed by atoms with Crippen LogP contribution in [0.1, 0.15) is 46.0 Å². The second kappa shape index (κ2) is 3.02. The van der Waals surface area contributed by atoms with Gasteiger partial charge in [-0.05, 0) is 50.6 Å². The molecular weight excluding hydrogens is 146 g/mol. The number of nitrogens with zero attached hydrogens (tertiary/aromatic N) is 1. The highest BCUT2D eigenvalue weighted by Crippen LogP contribution is 2.37. The molecule has 1 saturated carbocycles. The van der Waals surface area contributed by atoms with Gasteiger partial charge in [0.05, 0.1) is 0 Å². The first-order chi connectivity index (χ1) is 5.67. The van der Waals surface area contributed by atoms with Crippen LogP contribution in [0.4, 0.5) is 0 Å². The average molecular weight is 167 g/mol. The van der Waals surface area contributed by atoms with Crippen LogP contribution in [0.2, 0.25) is 0 Å². The van der Waals surface area contributed by atoms with Crippen molar-refractivity contribution in [2.45, 2.75) is 52.0 Å². The molecule has 0 atom stereocenters. The number of hydrogen-bond donors (Lipinski definition) is 0. The first-order valence-corrected chi connectivity index (χ1v) is 5.41. The molecule has 0 N–H and O–H groups in total. The molecule has 1 nitrogen and oxygen atoms in total. The Kier molecular flexibility index (Phi) is 2.16. The number of rotatable bonds is 1. The van der Waals surface area contributed by atoms with Gasteiger partial charge >= 0.3 is 0 Å². The molecule has 0 aromatic rings. The summed E-state index contributed by atoms with van der Waals surface area (Å²) in [6.45, 7) is 7.59. The van der Waals surface area contributed by atoms with Crippen molar-refractivity contribution in [1.29, 1.82) is 0 Å². The molecule has 12 heavy (non-hydrogen) atoms. The van der Waals surface area contributed by atoms with Crippen molar-refractivity contribution in [3.8, 4) is 0 Å². The monoisotopic (exact) mass is 167 g/mol. The predicted octanol–water partition coefficient (Wildman–Crippen LogP) is 2.66. The van der Waals surface area contributed by atoms with E-state index in [0.29, 0.717) is 5.41 Å². The summed E-state index contributed by atoms with van der Waals surface area (Å²) in [5.74, 6) is 0. The molecule has 2 fully saturated rings. The third-order valence-corrected chi connectivity index (χ3v) is 3.72. The molecular formula is C11H21N. The largest absolute Gasteiger partial charge is 0.300 e. The van der Waals surface area contributed by atoms with Crippen molar-refractivity contribution in [3.63, 3.8) is 0 Å². The van der Waals surface area contributed by atoms with E-state index in [1.54, 1.807) is 0 Å². The van der Waals surface area contributed by atoms with Crippen LogP contribution in [0, 0.1) is 5.41 Å². The summed E-state index contributed by atoms with van der Waals surface area (Å²) in [5.41, 5.74) is 0.640. The Bertz CT molecular complexity index is 148. The molecule has 0 bridgehead atoms. The molecule has 0 unspecified atom stereocenters. The van der Waals surface area contributed by atoms with Gasteiger partial charge in [0.25, 0.3) is 0 Å². The van der Waals surface area contributed by atoms with E-state index < -0.39 is 0 Å². The fourth-order valence-corrected chi connectivity index (χ4v) is 2.46. The number of likely N-dealkylation sites (tertiary alicyclic amines) is 1. The fourth-order valence-electron chi connectivity index (χ4n) is 2.46. The molecule has 0 aromatic heterocycles. The van der Waals surface area contributed by atoms with Gasteiger partial charge in [-0.1, -0.05) is 13.8 Å². The van der Waals surface area contributed by atoms with E-state index in [4.69, 9.17) is 0 Å². The second-order valence-corrected chi connectivity index (χ2v) is 5.28. The summed E-state index contributed by atoms with van der Waals surface area (Å²) in [6, 6.07) is 0.951. The normalized spacial score (nSPS) is 31.5. The van der Waals surface area contributed by atoms with Gasteiger partial charge in [-0.15, -0.1) is 0 Å². The lowest BCUT2D eigenvalue weighted by atomic mass is 9.75. The van der Waals surface area contributed by atoms with Gasteiger partial charge in [0, 0.05) is 6.04 Å². The van der Waals surface area contributed by atoms with Crippen LogP contribution in [-0.2, 0) is 0 Å². The maximum Gasteiger partial charge on any atom is 0.00956 e. The Labute approximate surface area is 76.1 Å². The molecule has 2 aliphatic rings. The lowest BCUT2D eigenvalue weighted by Crippen LogP contribution is -2.47. The van der Waals surface area contributed by atoms with Crippen LogP contribution in [0.3, 0.4) is 0 Å². The van der Waals surface area contributed by atoms with Crippen LogP contribution in [-0.4, -0.2) is 24.0 Å². The van der Waals surface area contributed by atoms with Crippen molar-refractivity contribution in [3.05, 3.63) is 0 Å². The molecule has 2 rings (SSSR count). The third-order valence-electron chi connectivity index (χ3n) is 3.72. The highest BCUT2D eigenvalue weighted by atomic mass is 15.2. The van der Waals surface area contributed by atoms with Crippen LogP contribution < -0.4 is 0 Å². The van der Waals surface area contributed by atoms with Crippen LogP contribution in [0.5, 0.6) is 0 Å². The Morgan fingerprint density at radius 3 is 2.08 bits per heavy atom. The fraction of sp³-hybridized carbons (Fsp3) is 1.00. The van der Waals surface area contributed by atoms with E-state index in [0.717, 1.165) is 6.04 Å².